The number of hydrogen-bond donors (Lipinski definition) is 0. The molecule has 1 aliphatic carbocycles. The van der Waals surface area contributed by atoms with Crippen molar-refractivity contribution >= 4 is 27.9 Å². The maximum atomic E-state index is 13.5. The maximum Gasteiger partial charge on any atom is 0.416 e. The fourth-order valence-electron chi connectivity index (χ4n) is 5.53. The average Bonchev–Trinajstić information content (AvgIpc) is 3.38. The van der Waals surface area contributed by atoms with E-state index in [1.54, 1.807) is 6.20 Å². The summed E-state index contributed by atoms with van der Waals surface area (Å²) in [5.41, 5.74) is 7.78. The first kappa shape index (κ1) is 25.3. The molecule has 3 heterocycles. The Morgan fingerprint density at radius 3 is 2.41 bits per heavy atom. The van der Waals surface area contributed by atoms with E-state index in [0.717, 1.165) is 68.4 Å². The largest absolute Gasteiger partial charge is 0.460 e. The van der Waals surface area contributed by atoms with Gasteiger partial charge in [0.2, 0.25) is 0 Å². The van der Waals surface area contributed by atoms with Crippen molar-refractivity contribution in [3.05, 3.63) is 114 Å². The van der Waals surface area contributed by atoms with E-state index in [1.807, 2.05) is 67.7 Å². The maximum absolute atomic E-state index is 13.5. The van der Waals surface area contributed by atoms with E-state index in [2.05, 4.69) is 23.2 Å². The molecule has 6 heteroatoms. The molecule has 0 atom stereocenters. The zero-order valence-corrected chi connectivity index (χ0v) is 22.3. The van der Waals surface area contributed by atoms with Crippen LogP contribution in [0.1, 0.15) is 35.8 Å². The second-order valence-electron chi connectivity index (χ2n) is 10.4. The van der Waals surface area contributed by atoms with E-state index < -0.39 is 11.7 Å². The normalized spacial score (nSPS) is 13.2. The van der Waals surface area contributed by atoms with Gasteiger partial charge in [0.15, 0.2) is 0 Å². The third-order valence-corrected chi connectivity index (χ3v) is 7.76. The number of furan rings is 1. The number of nitrogens with zero attached hydrogens (tertiary/aromatic N) is 2. The average molecular weight is 547 g/mol. The van der Waals surface area contributed by atoms with Crippen molar-refractivity contribution in [3.8, 4) is 33.5 Å². The van der Waals surface area contributed by atoms with E-state index in [-0.39, 0.29) is 0 Å². The fraction of sp³-hybridized carbons (Fsp3) is 0.143. The predicted molar refractivity (Wildman–Crippen MR) is 157 cm³/mol. The highest BCUT2D eigenvalue weighted by atomic mass is 19.4. The summed E-state index contributed by atoms with van der Waals surface area (Å²) in [6.07, 6.45) is 6.01. The first-order chi connectivity index (χ1) is 19.9. The third-order valence-electron chi connectivity index (χ3n) is 7.76. The van der Waals surface area contributed by atoms with Crippen molar-refractivity contribution in [1.82, 2.24) is 9.97 Å². The van der Waals surface area contributed by atoms with Gasteiger partial charge in [-0.3, -0.25) is 9.97 Å². The summed E-state index contributed by atoms with van der Waals surface area (Å²) in [6.45, 7) is 1.85. The van der Waals surface area contributed by atoms with Crippen LogP contribution in [0.5, 0.6) is 0 Å². The first-order valence-corrected chi connectivity index (χ1v) is 13.7. The minimum atomic E-state index is -4.39. The van der Waals surface area contributed by atoms with Gasteiger partial charge >= 0.3 is 6.18 Å². The molecule has 1 aliphatic rings. The molecule has 0 radical (unpaired) electrons. The van der Waals surface area contributed by atoms with Crippen LogP contribution in [0.15, 0.2) is 95.7 Å². The van der Waals surface area contributed by atoms with Crippen LogP contribution in [0.2, 0.25) is 0 Å². The molecule has 0 N–H and O–H groups in total. The van der Waals surface area contributed by atoms with Crippen molar-refractivity contribution in [3.63, 3.8) is 0 Å². The van der Waals surface area contributed by atoms with Gasteiger partial charge in [-0.25, -0.2) is 0 Å². The van der Waals surface area contributed by atoms with E-state index in [1.165, 1.54) is 12.1 Å². The van der Waals surface area contributed by atoms with Crippen molar-refractivity contribution < 1.29 is 17.6 Å². The molecule has 0 unspecified atom stereocenters. The molecule has 0 saturated carbocycles. The number of rotatable bonds is 4. The van der Waals surface area contributed by atoms with Gasteiger partial charge in [-0.15, -0.1) is 0 Å². The van der Waals surface area contributed by atoms with Gasteiger partial charge in [-0.05, 0) is 78.1 Å². The van der Waals surface area contributed by atoms with Crippen LogP contribution < -0.4 is 0 Å². The van der Waals surface area contributed by atoms with E-state index in [9.17, 15) is 13.2 Å². The third kappa shape index (κ3) is 4.69. The van der Waals surface area contributed by atoms with Crippen molar-refractivity contribution in [1.29, 1.82) is 0 Å². The summed E-state index contributed by atoms with van der Waals surface area (Å²) in [5, 5.41) is 2.01. The van der Waals surface area contributed by atoms with Gasteiger partial charge < -0.3 is 4.42 Å². The summed E-state index contributed by atoms with van der Waals surface area (Å²) in [7, 11) is 0. The second kappa shape index (κ2) is 9.73. The molecule has 202 valence electrons. The zero-order valence-electron chi connectivity index (χ0n) is 22.3. The fourth-order valence-corrected chi connectivity index (χ4v) is 5.53. The number of aryl methyl sites for hydroxylation is 2. The van der Waals surface area contributed by atoms with Crippen molar-refractivity contribution in [2.45, 2.75) is 32.4 Å². The van der Waals surface area contributed by atoms with Crippen LogP contribution in [0.3, 0.4) is 0 Å². The highest BCUT2D eigenvalue weighted by molar-refractivity contribution is 5.92. The number of aromatic nitrogens is 2. The molecule has 0 fully saturated rings. The quantitative estimate of drug-likeness (QED) is 0.221. The Kier molecular flexibility index (Phi) is 6.00. The molecular formula is C35H25F3N2O. The highest BCUT2D eigenvalue weighted by Crippen LogP contribution is 2.36. The Morgan fingerprint density at radius 1 is 0.780 bits per heavy atom. The summed E-state index contributed by atoms with van der Waals surface area (Å²) < 4.78 is 46.4. The lowest BCUT2D eigenvalue weighted by atomic mass is 9.97. The lowest BCUT2D eigenvalue weighted by Gasteiger charge is -2.12. The molecule has 0 aliphatic heterocycles. The van der Waals surface area contributed by atoms with E-state index >= 15 is 0 Å². The van der Waals surface area contributed by atoms with Gasteiger partial charge in [0.25, 0.3) is 0 Å². The minimum absolute atomic E-state index is 0.524. The molecule has 0 saturated heterocycles. The summed E-state index contributed by atoms with van der Waals surface area (Å²) >= 11 is 0. The van der Waals surface area contributed by atoms with Gasteiger partial charge in [-0.1, -0.05) is 43.3 Å². The van der Waals surface area contributed by atoms with Crippen LogP contribution in [-0.4, -0.2) is 9.97 Å². The van der Waals surface area contributed by atoms with Crippen LogP contribution in [0.25, 0.3) is 61.5 Å². The number of fused-ring (bicyclic) bond motifs is 4. The first-order valence-electron chi connectivity index (χ1n) is 13.7. The number of alkyl halides is 3. The smallest absolute Gasteiger partial charge is 0.416 e. The number of allylic oxidation sites excluding steroid dienone is 1. The van der Waals surface area contributed by atoms with Crippen molar-refractivity contribution in [2.75, 3.05) is 0 Å². The Bertz CT molecular complexity index is 1970. The Balaban J connectivity index is 1.18. The van der Waals surface area contributed by atoms with E-state index in [4.69, 9.17) is 9.40 Å². The molecule has 6 aromatic rings. The monoisotopic (exact) mass is 546 g/mol. The topological polar surface area (TPSA) is 38.9 Å². The van der Waals surface area contributed by atoms with Gasteiger partial charge in [0.1, 0.15) is 11.3 Å². The Morgan fingerprint density at radius 2 is 1.61 bits per heavy atom. The molecule has 3 aromatic heterocycles. The predicted octanol–water partition coefficient (Wildman–Crippen LogP) is 9.92. The highest BCUT2D eigenvalue weighted by Gasteiger charge is 2.31. The van der Waals surface area contributed by atoms with Gasteiger partial charge in [0.05, 0.1) is 16.8 Å². The van der Waals surface area contributed by atoms with Crippen LogP contribution in [0.4, 0.5) is 13.2 Å². The number of halogens is 3. The Hall–Kier alpha value is -4.71. The molecule has 3 nitrogen and oxygen atoms in total. The molecule has 41 heavy (non-hydrogen) atoms. The molecule has 3 aromatic carbocycles. The zero-order chi connectivity index (χ0) is 28.1. The number of benzene rings is 3. The SMILES string of the molecule is CCc1cc(-c2ccc3cc(-c4ccc(-c5ccc6oc7c(c6c5)C=CCC7)nc4)cnc3c2)cc(C(F)(F)F)c1. The van der Waals surface area contributed by atoms with Gasteiger partial charge in [-0.2, -0.15) is 13.2 Å². The van der Waals surface area contributed by atoms with E-state index in [0.29, 0.717) is 23.1 Å². The van der Waals surface area contributed by atoms with Crippen LogP contribution in [0, 0.1) is 0 Å². The summed E-state index contributed by atoms with van der Waals surface area (Å²) in [4.78, 5) is 9.38. The van der Waals surface area contributed by atoms with Crippen LogP contribution in [-0.2, 0) is 19.0 Å². The number of hydrogen-bond acceptors (Lipinski definition) is 3. The molecule has 0 spiro atoms. The molecule has 0 amide bonds. The lowest BCUT2D eigenvalue weighted by Crippen LogP contribution is -2.06. The molecule has 7 rings (SSSR count). The lowest BCUT2D eigenvalue weighted by molar-refractivity contribution is -0.137. The molecular weight excluding hydrogens is 521 g/mol. The van der Waals surface area contributed by atoms with Gasteiger partial charge in [0, 0.05) is 51.8 Å². The minimum Gasteiger partial charge on any atom is -0.460 e. The second-order valence-corrected chi connectivity index (χ2v) is 10.4. The molecule has 0 bridgehead atoms. The summed E-state index contributed by atoms with van der Waals surface area (Å²) in [5.74, 6) is 1.04. The summed E-state index contributed by atoms with van der Waals surface area (Å²) in [6, 6.07) is 22.1. The van der Waals surface area contributed by atoms with Crippen LogP contribution >= 0.6 is 0 Å². The number of pyridine rings is 2. The Labute approximate surface area is 235 Å². The standard InChI is InChI=1S/C35H25F3N2O/c1-2-21-13-26(16-28(14-21)35(36,37)38)22-7-8-23-15-27(20-40-32(23)18-22)25-9-11-31(39-19-25)24-10-12-34-30(17-24)29-5-3-4-6-33(29)41-34/h3,5,7-20H,2,4,6H2,1H3. The van der Waals surface area contributed by atoms with Crippen molar-refractivity contribution in [2.24, 2.45) is 0 Å².